The van der Waals surface area contributed by atoms with Crippen molar-refractivity contribution in [3.05, 3.63) is 29.8 Å². The molecule has 0 heterocycles. The van der Waals surface area contributed by atoms with Crippen LogP contribution in [0.3, 0.4) is 0 Å². The zero-order valence-corrected chi connectivity index (χ0v) is 10.0. The molecule has 76 valence electrons. The highest BCUT2D eigenvalue weighted by Crippen LogP contribution is 2.20. The van der Waals surface area contributed by atoms with Gasteiger partial charge in [0.1, 0.15) is 0 Å². The van der Waals surface area contributed by atoms with Crippen molar-refractivity contribution in [3.63, 3.8) is 0 Å². The van der Waals surface area contributed by atoms with E-state index < -0.39 is 0 Å². The first kappa shape index (κ1) is 11.2. The molecule has 0 aromatic heterocycles. The topological polar surface area (TPSA) is 12.0 Å². The maximum atomic E-state index is 5.32. The van der Waals surface area contributed by atoms with E-state index in [1.54, 1.807) is 0 Å². The minimum Gasteiger partial charge on any atom is -0.349 e. The van der Waals surface area contributed by atoms with Crippen LogP contribution < -0.4 is 5.32 Å². The van der Waals surface area contributed by atoms with Crippen LogP contribution in [0.5, 0.6) is 0 Å². The molecule has 0 bridgehead atoms. The van der Waals surface area contributed by atoms with Gasteiger partial charge >= 0.3 is 0 Å². The lowest BCUT2D eigenvalue weighted by Crippen LogP contribution is -2.25. The van der Waals surface area contributed by atoms with Gasteiger partial charge in [-0.05, 0) is 18.6 Å². The van der Waals surface area contributed by atoms with E-state index in [0.29, 0.717) is 0 Å². The third-order valence-electron chi connectivity index (χ3n) is 2.07. The molecule has 0 fully saturated rings. The van der Waals surface area contributed by atoms with Gasteiger partial charge in [-0.3, -0.25) is 0 Å². The summed E-state index contributed by atoms with van der Waals surface area (Å²) in [7, 11) is 0. The Labute approximate surface area is 91.5 Å². The lowest BCUT2D eigenvalue weighted by molar-refractivity contribution is 0.599. The number of aryl methyl sites for hydroxylation is 1. The second-order valence-electron chi connectivity index (χ2n) is 4.52. The number of hydrogen-bond donors (Lipinski definition) is 1. The van der Waals surface area contributed by atoms with Crippen molar-refractivity contribution in [2.24, 2.45) is 5.41 Å². The van der Waals surface area contributed by atoms with Crippen molar-refractivity contribution in [1.29, 1.82) is 0 Å². The van der Waals surface area contributed by atoms with E-state index >= 15 is 0 Å². The molecule has 2 heteroatoms. The van der Waals surface area contributed by atoms with Crippen molar-refractivity contribution in [2.45, 2.75) is 27.7 Å². The smallest absolute Gasteiger partial charge is 0.0851 e. The Balaban J connectivity index is 2.80. The largest absolute Gasteiger partial charge is 0.349 e. The summed E-state index contributed by atoms with van der Waals surface area (Å²) in [6.07, 6.45) is 0. The van der Waals surface area contributed by atoms with Crippen LogP contribution in [-0.4, -0.2) is 4.99 Å². The van der Waals surface area contributed by atoms with E-state index in [0.717, 1.165) is 10.7 Å². The van der Waals surface area contributed by atoms with Gasteiger partial charge in [0.05, 0.1) is 4.99 Å². The molecule has 0 saturated carbocycles. The fourth-order valence-electron chi connectivity index (χ4n) is 1.02. The standard InChI is InChI=1S/C12H17NS/c1-9-7-5-6-8-10(9)13-11(14)12(2,3)4/h5-8H,1-4H3,(H,13,14). The monoisotopic (exact) mass is 207 g/mol. The van der Waals surface area contributed by atoms with E-state index in [2.05, 4.69) is 39.1 Å². The molecule has 1 N–H and O–H groups in total. The number of benzene rings is 1. The molecule has 14 heavy (non-hydrogen) atoms. The predicted molar refractivity (Wildman–Crippen MR) is 66.9 cm³/mol. The van der Waals surface area contributed by atoms with Crippen molar-refractivity contribution in [2.75, 3.05) is 5.32 Å². The quantitative estimate of drug-likeness (QED) is 0.703. The van der Waals surface area contributed by atoms with E-state index in [1.165, 1.54) is 5.56 Å². The second-order valence-corrected chi connectivity index (χ2v) is 4.93. The first-order chi connectivity index (χ1) is 6.41. The Morgan fingerprint density at radius 2 is 1.79 bits per heavy atom. The minimum absolute atomic E-state index is 0.0254. The zero-order valence-electron chi connectivity index (χ0n) is 9.22. The van der Waals surface area contributed by atoms with E-state index in [4.69, 9.17) is 12.2 Å². The summed E-state index contributed by atoms with van der Waals surface area (Å²) >= 11 is 5.32. The van der Waals surface area contributed by atoms with Gasteiger partial charge < -0.3 is 5.32 Å². The molecule has 1 nitrogen and oxygen atoms in total. The lowest BCUT2D eigenvalue weighted by Gasteiger charge is -2.22. The summed E-state index contributed by atoms with van der Waals surface area (Å²) in [6.45, 7) is 8.41. The maximum Gasteiger partial charge on any atom is 0.0851 e. The normalized spacial score (nSPS) is 11.1. The van der Waals surface area contributed by atoms with Crippen LogP contribution in [0.2, 0.25) is 0 Å². The first-order valence-electron chi connectivity index (χ1n) is 4.78. The van der Waals surface area contributed by atoms with E-state index in [-0.39, 0.29) is 5.41 Å². The summed E-state index contributed by atoms with van der Waals surface area (Å²) in [5, 5.41) is 3.28. The SMILES string of the molecule is Cc1ccccc1NC(=S)C(C)(C)C. The van der Waals surface area contributed by atoms with Crippen molar-refractivity contribution in [3.8, 4) is 0 Å². The molecule has 1 aromatic carbocycles. The summed E-state index contributed by atoms with van der Waals surface area (Å²) < 4.78 is 0. The maximum absolute atomic E-state index is 5.32. The number of thiocarbonyl (C=S) groups is 1. The minimum atomic E-state index is 0.0254. The summed E-state index contributed by atoms with van der Waals surface area (Å²) in [5.74, 6) is 0. The molecule has 0 radical (unpaired) electrons. The molecule has 1 rings (SSSR count). The van der Waals surface area contributed by atoms with Crippen LogP contribution in [-0.2, 0) is 0 Å². The number of anilines is 1. The first-order valence-corrected chi connectivity index (χ1v) is 5.19. The Hall–Kier alpha value is -0.890. The number of nitrogens with one attached hydrogen (secondary N) is 1. The number of hydrogen-bond acceptors (Lipinski definition) is 1. The highest BCUT2D eigenvalue weighted by atomic mass is 32.1. The molecular weight excluding hydrogens is 190 g/mol. The third-order valence-corrected chi connectivity index (χ3v) is 2.79. The summed E-state index contributed by atoms with van der Waals surface area (Å²) in [4.78, 5) is 0.881. The Kier molecular flexibility index (Phi) is 3.27. The lowest BCUT2D eigenvalue weighted by atomic mass is 9.96. The molecule has 1 aromatic rings. The highest BCUT2D eigenvalue weighted by molar-refractivity contribution is 7.80. The Bertz CT molecular complexity index is 336. The molecule has 0 aliphatic carbocycles. The van der Waals surface area contributed by atoms with Crippen molar-refractivity contribution in [1.82, 2.24) is 0 Å². The highest BCUT2D eigenvalue weighted by Gasteiger charge is 2.17. The van der Waals surface area contributed by atoms with Gasteiger partial charge in [-0.15, -0.1) is 0 Å². The second kappa shape index (κ2) is 4.09. The Morgan fingerprint density at radius 1 is 1.21 bits per heavy atom. The number of rotatable bonds is 1. The molecule has 0 spiro atoms. The van der Waals surface area contributed by atoms with Gasteiger partial charge in [-0.1, -0.05) is 51.2 Å². The van der Waals surface area contributed by atoms with Gasteiger partial charge in [-0.2, -0.15) is 0 Å². The fraction of sp³-hybridized carbons (Fsp3) is 0.417. The third kappa shape index (κ3) is 2.81. The van der Waals surface area contributed by atoms with Gasteiger partial charge in [-0.25, -0.2) is 0 Å². The summed E-state index contributed by atoms with van der Waals surface area (Å²) in [6, 6.07) is 8.17. The van der Waals surface area contributed by atoms with Crippen LogP contribution in [0, 0.1) is 12.3 Å². The van der Waals surface area contributed by atoms with Crippen LogP contribution in [0.15, 0.2) is 24.3 Å². The summed E-state index contributed by atoms with van der Waals surface area (Å²) in [5.41, 5.74) is 2.35. The van der Waals surface area contributed by atoms with Crippen LogP contribution >= 0.6 is 12.2 Å². The molecule has 0 unspecified atom stereocenters. The van der Waals surface area contributed by atoms with Crippen molar-refractivity contribution < 1.29 is 0 Å². The Morgan fingerprint density at radius 3 is 2.29 bits per heavy atom. The van der Waals surface area contributed by atoms with Gasteiger partial charge in [0.2, 0.25) is 0 Å². The van der Waals surface area contributed by atoms with Crippen LogP contribution in [0.1, 0.15) is 26.3 Å². The van der Waals surface area contributed by atoms with Crippen LogP contribution in [0.4, 0.5) is 5.69 Å². The van der Waals surface area contributed by atoms with E-state index in [1.807, 2.05) is 18.2 Å². The molecule has 0 saturated heterocycles. The average Bonchev–Trinajstić information content (AvgIpc) is 2.07. The van der Waals surface area contributed by atoms with Crippen molar-refractivity contribution >= 4 is 22.9 Å². The van der Waals surface area contributed by atoms with E-state index in [9.17, 15) is 0 Å². The fourth-order valence-corrected chi connectivity index (χ4v) is 1.13. The predicted octanol–water partition coefficient (Wildman–Crippen LogP) is 3.78. The molecule has 0 aliphatic heterocycles. The molecule has 0 atom stereocenters. The van der Waals surface area contributed by atoms with Gasteiger partial charge in [0, 0.05) is 11.1 Å². The average molecular weight is 207 g/mol. The number of para-hydroxylation sites is 1. The molecular formula is C12H17NS. The van der Waals surface area contributed by atoms with Crippen LogP contribution in [0.25, 0.3) is 0 Å². The van der Waals surface area contributed by atoms with Gasteiger partial charge in [0.15, 0.2) is 0 Å². The molecule has 0 amide bonds. The molecule has 0 aliphatic rings. The zero-order chi connectivity index (χ0) is 10.8. The van der Waals surface area contributed by atoms with Gasteiger partial charge in [0.25, 0.3) is 0 Å².